The molecule has 1 unspecified atom stereocenters. The number of carbonyl (C=O) groups excluding carboxylic acids is 2. The Morgan fingerprint density at radius 1 is 1.21 bits per heavy atom. The molecule has 4 nitrogen and oxygen atoms in total. The lowest BCUT2D eigenvalue weighted by Crippen LogP contribution is -2.27. The maximum Gasteiger partial charge on any atom is 0.248 e. The summed E-state index contributed by atoms with van der Waals surface area (Å²) in [5.41, 5.74) is 0. The van der Waals surface area contributed by atoms with Gasteiger partial charge in [-0.2, -0.15) is 0 Å². The minimum absolute atomic E-state index is 0.0358. The molecule has 1 radical (unpaired) electrons. The van der Waals surface area contributed by atoms with E-state index in [1.807, 2.05) is 6.92 Å². The second kappa shape index (κ2) is 15.3. The van der Waals surface area contributed by atoms with Gasteiger partial charge in [0.1, 0.15) is 0 Å². The predicted octanol–water partition coefficient (Wildman–Crippen LogP) is 2.74. The zero-order chi connectivity index (χ0) is 14.3. The summed E-state index contributed by atoms with van der Waals surface area (Å²) in [6.07, 6.45) is 5.40. The largest absolute Gasteiger partial charge is 0.356 e. The molecule has 0 aliphatic heterocycles. The number of rotatable bonds is 12. The average Bonchev–Trinajstić information content (AvgIpc) is 2.40. The molecule has 0 heterocycles. The molecule has 0 aromatic heterocycles. The molecule has 0 bridgehead atoms. The highest BCUT2D eigenvalue weighted by Crippen LogP contribution is 2.30. The van der Waals surface area contributed by atoms with Crippen molar-refractivity contribution >= 4 is 67.7 Å². The van der Waals surface area contributed by atoms with Crippen LogP contribution in [0.15, 0.2) is 0 Å². The van der Waals surface area contributed by atoms with Crippen molar-refractivity contribution in [3.63, 3.8) is 0 Å². The van der Waals surface area contributed by atoms with E-state index in [0.29, 0.717) is 32.4 Å². The van der Waals surface area contributed by atoms with Crippen molar-refractivity contribution in [2.75, 3.05) is 18.8 Å². The van der Waals surface area contributed by atoms with E-state index in [9.17, 15) is 9.59 Å². The third-order valence-electron chi connectivity index (χ3n) is 2.05. The summed E-state index contributed by atoms with van der Waals surface area (Å²) in [4.78, 5) is 22.8. The predicted molar refractivity (Wildman–Crippen MR) is 98.3 cm³/mol. The Labute approximate surface area is 138 Å². The molecule has 0 aromatic rings. The Kier molecular flexibility index (Phi) is 16.0. The van der Waals surface area contributed by atoms with Gasteiger partial charge in [-0.05, 0) is 12.8 Å². The molecule has 9 heteroatoms. The third kappa shape index (κ3) is 15.1. The van der Waals surface area contributed by atoms with Crippen LogP contribution >= 0.6 is 49.6 Å². The van der Waals surface area contributed by atoms with E-state index in [1.54, 1.807) is 21.4 Å². The Hall–Kier alpha value is 0.865. The molecule has 0 aliphatic carbocycles. The molecule has 0 saturated heterocycles. The van der Waals surface area contributed by atoms with Crippen LogP contribution in [0.25, 0.3) is 0 Å². The Balaban J connectivity index is 3.32. The smallest absolute Gasteiger partial charge is 0.248 e. The summed E-state index contributed by atoms with van der Waals surface area (Å²) in [6, 6.07) is 0. The van der Waals surface area contributed by atoms with Crippen molar-refractivity contribution in [2.45, 2.75) is 32.6 Å². The lowest BCUT2D eigenvalue weighted by molar-refractivity contribution is -0.122. The van der Waals surface area contributed by atoms with Gasteiger partial charge < -0.3 is 10.6 Å². The first-order chi connectivity index (χ1) is 9.20. The maximum absolute atomic E-state index is 11.5. The zero-order valence-corrected chi connectivity index (χ0v) is 15.8. The topological polar surface area (TPSA) is 58.2 Å². The molecule has 0 saturated carbocycles. The molecule has 0 fully saturated rings. The number of amides is 2. The summed E-state index contributed by atoms with van der Waals surface area (Å²) in [5.74, 6) is 0.982. The highest BCUT2D eigenvalue weighted by Gasteiger charge is 2.04. The minimum Gasteiger partial charge on any atom is -0.356 e. The van der Waals surface area contributed by atoms with Crippen LogP contribution in [0.4, 0.5) is 0 Å². The van der Waals surface area contributed by atoms with Crippen LogP contribution in [-0.2, 0) is 9.59 Å². The highest BCUT2D eigenvalue weighted by atomic mass is 127. The van der Waals surface area contributed by atoms with Gasteiger partial charge in [0.2, 0.25) is 18.1 Å². The van der Waals surface area contributed by atoms with E-state index in [0.717, 1.165) is 18.3 Å². The molecular formula is C10H20BIN2O2PS2. The van der Waals surface area contributed by atoms with Crippen LogP contribution in [0.5, 0.6) is 0 Å². The fourth-order valence-electron chi connectivity index (χ4n) is 1.18. The van der Waals surface area contributed by atoms with Crippen LogP contribution in [0.3, 0.4) is 0 Å². The van der Waals surface area contributed by atoms with Gasteiger partial charge in [-0.25, -0.2) is 0 Å². The normalized spacial score (nSPS) is 10.6. The Morgan fingerprint density at radius 2 is 1.84 bits per heavy atom. The molecule has 0 aromatic carbocycles. The van der Waals surface area contributed by atoms with Gasteiger partial charge >= 0.3 is 0 Å². The van der Waals surface area contributed by atoms with E-state index in [-0.39, 0.29) is 11.8 Å². The lowest BCUT2D eigenvalue weighted by atomic mass is 10.2. The van der Waals surface area contributed by atoms with Gasteiger partial charge in [0, 0.05) is 31.7 Å². The monoisotopic (exact) mass is 433 g/mol. The SMILES string of the molecule is CCCNC(=O)CCCC(=O)NCCSS[B]PI. The van der Waals surface area contributed by atoms with Crippen molar-refractivity contribution in [1.82, 2.24) is 10.6 Å². The zero-order valence-electron chi connectivity index (χ0n) is 11.0. The molecule has 2 amide bonds. The number of carbonyl (C=O) groups is 2. The summed E-state index contributed by atoms with van der Waals surface area (Å²) in [5, 5.41) is 5.66. The molecule has 1 atom stereocenters. The van der Waals surface area contributed by atoms with E-state index >= 15 is 0 Å². The molecule has 109 valence electrons. The number of halogens is 1. The molecule has 0 aliphatic rings. The number of nitrogens with one attached hydrogen (secondary N) is 2. The average molecular weight is 433 g/mol. The second-order valence-corrected chi connectivity index (χ2v) is 8.85. The Bertz CT molecular complexity index is 266. The van der Waals surface area contributed by atoms with E-state index < -0.39 is 0 Å². The third-order valence-corrected chi connectivity index (χ3v) is 7.36. The van der Waals surface area contributed by atoms with Crippen molar-refractivity contribution in [1.29, 1.82) is 0 Å². The molecule has 0 rings (SSSR count). The van der Waals surface area contributed by atoms with Crippen LogP contribution in [0.1, 0.15) is 32.6 Å². The highest BCUT2D eigenvalue weighted by molar-refractivity contribution is 14.2. The quantitative estimate of drug-likeness (QED) is 0.164. The van der Waals surface area contributed by atoms with E-state index in [1.165, 1.54) is 0 Å². The summed E-state index contributed by atoms with van der Waals surface area (Å²) in [6.45, 7) is 3.42. The van der Waals surface area contributed by atoms with Gasteiger partial charge in [0.05, 0.1) is 0 Å². The number of hydrogen-bond acceptors (Lipinski definition) is 4. The van der Waals surface area contributed by atoms with Crippen LogP contribution in [-0.4, -0.2) is 36.9 Å². The van der Waals surface area contributed by atoms with Gasteiger partial charge in [0.15, 0.2) is 0 Å². The fourth-order valence-corrected chi connectivity index (χ4v) is 6.16. The first-order valence-corrected chi connectivity index (χ1v) is 12.8. The van der Waals surface area contributed by atoms with Crippen molar-refractivity contribution < 1.29 is 9.59 Å². The minimum atomic E-state index is 0.0358. The molecular weight excluding hydrogens is 413 g/mol. The molecule has 2 N–H and O–H groups in total. The van der Waals surface area contributed by atoms with Crippen molar-refractivity contribution in [3.8, 4) is 0 Å². The van der Waals surface area contributed by atoms with Gasteiger partial charge in [0.25, 0.3) is 0 Å². The fraction of sp³-hybridized carbons (Fsp3) is 0.800. The number of hydrogen-bond donors (Lipinski definition) is 2. The van der Waals surface area contributed by atoms with Gasteiger partial charge in [-0.15, -0.1) is 21.4 Å². The first-order valence-electron chi connectivity index (χ1n) is 6.20. The van der Waals surface area contributed by atoms with Gasteiger partial charge in [-0.3, -0.25) is 9.59 Å². The summed E-state index contributed by atoms with van der Waals surface area (Å²) < 4.78 is 0. The Morgan fingerprint density at radius 3 is 2.42 bits per heavy atom. The van der Waals surface area contributed by atoms with Crippen LogP contribution in [0.2, 0.25) is 0 Å². The van der Waals surface area contributed by atoms with Crippen LogP contribution < -0.4 is 10.6 Å². The van der Waals surface area contributed by atoms with Crippen molar-refractivity contribution in [3.05, 3.63) is 0 Å². The molecule has 0 spiro atoms. The summed E-state index contributed by atoms with van der Waals surface area (Å²) >= 11 is 2.32. The van der Waals surface area contributed by atoms with E-state index in [2.05, 4.69) is 39.0 Å². The van der Waals surface area contributed by atoms with Crippen LogP contribution in [0, 0.1) is 0 Å². The molecule has 19 heavy (non-hydrogen) atoms. The first kappa shape index (κ1) is 19.9. The van der Waals surface area contributed by atoms with Gasteiger partial charge in [-0.1, -0.05) is 35.1 Å². The standard InChI is InChI=1S/C10H20BIN2O2PS2/c1-2-6-13-9(15)4-3-5-10(16)14-7-8-18-19-11-17-12/h17H,2-8H2,1H3,(H,13,15)(H,14,16). The summed E-state index contributed by atoms with van der Waals surface area (Å²) in [7, 11) is 3.47. The maximum atomic E-state index is 11.5. The second-order valence-electron chi connectivity index (χ2n) is 3.70. The lowest BCUT2D eigenvalue weighted by Gasteiger charge is -2.05. The van der Waals surface area contributed by atoms with Crippen molar-refractivity contribution in [2.24, 2.45) is 0 Å². The van der Waals surface area contributed by atoms with E-state index in [4.69, 9.17) is 0 Å².